The highest BCUT2D eigenvalue weighted by molar-refractivity contribution is 5.52. The van der Waals surface area contributed by atoms with Crippen LogP contribution in [0, 0.1) is 0 Å². The van der Waals surface area contributed by atoms with Crippen LogP contribution in [0.15, 0.2) is 18.3 Å². The Bertz CT molecular complexity index is 369. The molecule has 2 N–H and O–H groups in total. The molecule has 88 valence electrons. The summed E-state index contributed by atoms with van der Waals surface area (Å²) in [5.41, 5.74) is 6.79. The quantitative estimate of drug-likeness (QED) is 0.825. The number of hydrogen-bond donors (Lipinski definition) is 1. The van der Waals surface area contributed by atoms with E-state index >= 15 is 0 Å². The minimum atomic E-state index is -0.0454. The molecule has 1 atom stereocenters. The number of nitrogen functional groups attached to an aromatic ring is 1. The lowest BCUT2D eigenvalue weighted by atomic mass is 9.94. The predicted octanol–water partition coefficient (Wildman–Crippen LogP) is 1.67. The highest BCUT2D eigenvalue weighted by atomic mass is 16.5. The SMILES string of the molecule is COC1(C)CCCN(c2ccnc(N)c2)C1. The zero-order valence-electron chi connectivity index (χ0n) is 9.94. The standard InChI is InChI=1S/C12H19N3O/c1-12(16-2)5-3-7-15(9-12)10-4-6-14-11(13)8-10/h4,6,8H,3,5,7,9H2,1-2H3,(H2,13,14). The first-order chi connectivity index (χ1) is 7.63. The molecule has 0 saturated carbocycles. The van der Waals surface area contributed by atoms with Crippen molar-refractivity contribution in [2.45, 2.75) is 25.4 Å². The van der Waals surface area contributed by atoms with Crippen LogP contribution in [0.25, 0.3) is 0 Å². The van der Waals surface area contributed by atoms with Gasteiger partial charge in [0.15, 0.2) is 0 Å². The van der Waals surface area contributed by atoms with E-state index in [0.29, 0.717) is 5.82 Å². The van der Waals surface area contributed by atoms with Crippen molar-refractivity contribution in [3.8, 4) is 0 Å². The third kappa shape index (κ3) is 2.27. The van der Waals surface area contributed by atoms with Gasteiger partial charge in [0.25, 0.3) is 0 Å². The smallest absolute Gasteiger partial charge is 0.125 e. The maximum absolute atomic E-state index is 5.70. The Morgan fingerprint density at radius 2 is 2.38 bits per heavy atom. The van der Waals surface area contributed by atoms with Gasteiger partial charge in [-0.15, -0.1) is 0 Å². The molecule has 2 rings (SSSR count). The molecule has 4 nitrogen and oxygen atoms in total. The minimum Gasteiger partial charge on any atom is -0.384 e. The lowest BCUT2D eigenvalue weighted by Gasteiger charge is -2.40. The molecule has 1 unspecified atom stereocenters. The molecule has 0 aliphatic carbocycles. The molecule has 0 aromatic carbocycles. The summed E-state index contributed by atoms with van der Waals surface area (Å²) in [6.07, 6.45) is 4.01. The normalized spacial score (nSPS) is 25.8. The van der Waals surface area contributed by atoms with Gasteiger partial charge in [0.05, 0.1) is 5.60 Å². The number of piperidine rings is 1. The number of rotatable bonds is 2. The highest BCUT2D eigenvalue weighted by Crippen LogP contribution is 2.28. The first kappa shape index (κ1) is 11.2. The van der Waals surface area contributed by atoms with Crippen molar-refractivity contribution in [1.82, 2.24) is 4.98 Å². The van der Waals surface area contributed by atoms with E-state index in [1.54, 1.807) is 13.3 Å². The molecule has 0 radical (unpaired) electrons. The van der Waals surface area contributed by atoms with Crippen LogP contribution in [0.1, 0.15) is 19.8 Å². The van der Waals surface area contributed by atoms with Crippen LogP contribution in [-0.2, 0) is 4.74 Å². The Morgan fingerprint density at radius 1 is 1.56 bits per heavy atom. The van der Waals surface area contributed by atoms with E-state index in [4.69, 9.17) is 10.5 Å². The Labute approximate surface area is 96.4 Å². The molecule has 0 amide bonds. The largest absolute Gasteiger partial charge is 0.384 e. The first-order valence-electron chi connectivity index (χ1n) is 5.65. The minimum absolute atomic E-state index is 0.0454. The molecule has 1 aliphatic rings. The van der Waals surface area contributed by atoms with Crippen molar-refractivity contribution in [3.05, 3.63) is 18.3 Å². The summed E-state index contributed by atoms with van der Waals surface area (Å²) < 4.78 is 5.57. The number of nitrogens with two attached hydrogens (primary N) is 1. The van der Waals surface area contributed by atoms with E-state index in [9.17, 15) is 0 Å². The van der Waals surface area contributed by atoms with E-state index in [2.05, 4.69) is 16.8 Å². The van der Waals surface area contributed by atoms with E-state index in [1.165, 1.54) is 0 Å². The molecule has 1 saturated heterocycles. The van der Waals surface area contributed by atoms with Crippen molar-refractivity contribution in [3.63, 3.8) is 0 Å². The molecule has 1 aromatic heterocycles. The summed E-state index contributed by atoms with van der Waals surface area (Å²) in [6, 6.07) is 3.92. The summed E-state index contributed by atoms with van der Waals surface area (Å²) in [5.74, 6) is 0.571. The number of ether oxygens (including phenoxy) is 1. The van der Waals surface area contributed by atoms with Crippen LogP contribution in [0.4, 0.5) is 11.5 Å². The summed E-state index contributed by atoms with van der Waals surface area (Å²) in [5, 5.41) is 0. The summed E-state index contributed by atoms with van der Waals surface area (Å²) in [4.78, 5) is 6.32. The average Bonchev–Trinajstić information content (AvgIpc) is 2.29. The van der Waals surface area contributed by atoms with Crippen LogP contribution >= 0.6 is 0 Å². The second-order valence-electron chi connectivity index (χ2n) is 4.62. The van der Waals surface area contributed by atoms with E-state index in [1.807, 2.05) is 12.1 Å². The van der Waals surface area contributed by atoms with Crippen molar-refractivity contribution >= 4 is 11.5 Å². The summed E-state index contributed by atoms with van der Waals surface area (Å²) >= 11 is 0. The third-order valence-corrected chi connectivity index (χ3v) is 3.28. The van der Waals surface area contributed by atoms with Gasteiger partial charge in [0.2, 0.25) is 0 Å². The zero-order chi connectivity index (χ0) is 11.6. The van der Waals surface area contributed by atoms with Gasteiger partial charge in [-0.25, -0.2) is 4.98 Å². The third-order valence-electron chi connectivity index (χ3n) is 3.28. The van der Waals surface area contributed by atoms with Crippen LogP contribution in [0.5, 0.6) is 0 Å². The van der Waals surface area contributed by atoms with E-state index in [-0.39, 0.29) is 5.60 Å². The Kier molecular flexibility index (Phi) is 3.01. The lowest BCUT2D eigenvalue weighted by molar-refractivity contribution is -0.00465. The molecule has 2 heterocycles. The van der Waals surface area contributed by atoms with Crippen molar-refractivity contribution in [1.29, 1.82) is 0 Å². The molecule has 1 fully saturated rings. The van der Waals surface area contributed by atoms with Gasteiger partial charge in [-0.2, -0.15) is 0 Å². The number of aromatic nitrogens is 1. The predicted molar refractivity (Wildman–Crippen MR) is 65.5 cm³/mol. The fourth-order valence-corrected chi connectivity index (χ4v) is 2.23. The maximum Gasteiger partial charge on any atom is 0.125 e. The van der Waals surface area contributed by atoms with Gasteiger partial charge in [0, 0.05) is 38.1 Å². The fraction of sp³-hybridized carbons (Fsp3) is 0.583. The van der Waals surface area contributed by atoms with Crippen LogP contribution in [-0.4, -0.2) is 30.8 Å². The number of methoxy groups -OCH3 is 1. The highest BCUT2D eigenvalue weighted by Gasteiger charge is 2.30. The van der Waals surface area contributed by atoms with Crippen molar-refractivity contribution in [2.75, 3.05) is 30.8 Å². The van der Waals surface area contributed by atoms with Crippen molar-refractivity contribution < 1.29 is 4.74 Å². The van der Waals surface area contributed by atoms with Gasteiger partial charge in [0.1, 0.15) is 5.82 Å². The number of pyridine rings is 1. The number of nitrogens with zero attached hydrogens (tertiary/aromatic N) is 2. The van der Waals surface area contributed by atoms with Gasteiger partial charge in [-0.05, 0) is 25.8 Å². The molecule has 1 aromatic rings. The molecular formula is C12H19N3O. The summed E-state index contributed by atoms with van der Waals surface area (Å²) in [6.45, 7) is 4.12. The molecule has 0 spiro atoms. The van der Waals surface area contributed by atoms with Gasteiger partial charge >= 0.3 is 0 Å². The molecule has 16 heavy (non-hydrogen) atoms. The topological polar surface area (TPSA) is 51.4 Å². The van der Waals surface area contributed by atoms with Crippen LogP contribution in [0.3, 0.4) is 0 Å². The van der Waals surface area contributed by atoms with E-state index in [0.717, 1.165) is 31.6 Å². The maximum atomic E-state index is 5.70. The van der Waals surface area contributed by atoms with Crippen molar-refractivity contribution in [2.24, 2.45) is 0 Å². The second-order valence-corrected chi connectivity index (χ2v) is 4.62. The first-order valence-corrected chi connectivity index (χ1v) is 5.65. The molecule has 1 aliphatic heterocycles. The summed E-state index contributed by atoms with van der Waals surface area (Å²) in [7, 11) is 1.78. The Morgan fingerprint density at radius 3 is 3.06 bits per heavy atom. The zero-order valence-corrected chi connectivity index (χ0v) is 9.94. The van der Waals surface area contributed by atoms with Gasteiger partial charge in [-0.3, -0.25) is 0 Å². The molecule has 4 heteroatoms. The monoisotopic (exact) mass is 221 g/mol. The van der Waals surface area contributed by atoms with Gasteiger partial charge < -0.3 is 15.4 Å². The fourth-order valence-electron chi connectivity index (χ4n) is 2.23. The number of anilines is 2. The van der Waals surface area contributed by atoms with Crippen LogP contribution in [0.2, 0.25) is 0 Å². The van der Waals surface area contributed by atoms with Crippen LogP contribution < -0.4 is 10.6 Å². The second kappa shape index (κ2) is 4.29. The van der Waals surface area contributed by atoms with E-state index < -0.39 is 0 Å². The Hall–Kier alpha value is -1.29. The Balaban J connectivity index is 2.16. The number of hydrogen-bond acceptors (Lipinski definition) is 4. The molecular weight excluding hydrogens is 202 g/mol. The lowest BCUT2D eigenvalue weighted by Crippen LogP contribution is -2.47. The molecule has 0 bridgehead atoms. The van der Waals surface area contributed by atoms with Gasteiger partial charge in [-0.1, -0.05) is 0 Å². The average molecular weight is 221 g/mol.